The van der Waals surface area contributed by atoms with Gasteiger partial charge in [-0.05, 0) is 0 Å². The SMILES string of the molecule is Cn1c(O)c(C(=N)c2ccccc2)c(=O)n(C)c1=O. The monoisotopic (exact) mass is 259 g/mol. The van der Waals surface area contributed by atoms with Crippen molar-refractivity contribution in [1.29, 1.82) is 5.41 Å². The normalized spacial score (nSPS) is 10.4. The topological polar surface area (TPSA) is 88.1 Å². The number of nitrogens with zero attached hydrogens (tertiary/aromatic N) is 2. The highest BCUT2D eigenvalue weighted by molar-refractivity contribution is 6.11. The third kappa shape index (κ3) is 1.97. The largest absolute Gasteiger partial charge is 0.494 e. The minimum Gasteiger partial charge on any atom is -0.494 e. The summed E-state index contributed by atoms with van der Waals surface area (Å²) in [6, 6.07) is 8.56. The number of hydrogen-bond acceptors (Lipinski definition) is 4. The van der Waals surface area contributed by atoms with Crippen LogP contribution in [0, 0.1) is 5.41 Å². The van der Waals surface area contributed by atoms with Crippen LogP contribution in [0.4, 0.5) is 0 Å². The smallest absolute Gasteiger partial charge is 0.333 e. The summed E-state index contributed by atoms with van der Waals surface area (Å²) in [4.78, 5) is 23.6. The lowest BCUT2D eigenvalue weighted by molar-refractivity contribution is 0.410. The average molecular weight is 259 g/mol. The molecule has 1 aromatic carbocycles. The van der Waals surface area contributed by atoms with E-state index >= 15 is 0 Å². The van der Waals surface area contributed by atoms with Gasteiger partial charge in [0.15, 0.2) is 0 Å². The summed E-state index contributed by atoms with van der Waals surface area (Å²) >= 11 is 0. The lowest BCUT2D eigenvalue weighted by Crippen LogP contribution is -2.40. The molecular formula is C13H13N3O3. The quantitative estimate of drug-likeness (QED) is 0.755. The van der Waals surface area contributed by atoms with E-state index in [1.54, 1.807) is 30.3 Å². The van der Waals surface area contributed by atoms with Crippen molar-refractivity contribution in [3.8, 4) is 5.88 Å². The zero-order chi connectivity index (χ0) is 14.2. The zero-order valence-electron chi connectivity index (χ0n) is 10.5. The van der Waals surface area contributed by atoms with Crippen molar-refractivity contribution in [3.63, 3.8) is 0 Å². The van der Waals surface area contributed by atoms with Gasteiger partial charge in [-0.25, -0.2) is 4.79 Å². The zero-order valence-corrected chi connectivity index (χ0v) is 10.5. The maximum atomic E-state index is 12.0. The van der Waals surface area contributed by atoms with Crippen LogP contribution in [0.15, 0.2) is 39.9 Å². The summed E-state index contributed by atoms with van der Waals surface area (Å²) in [5.41, 5.74) is -1.12. The maximum Gasteiger partial charge on any atom is 0.333 e. The first-order valence-electron chi connectivity index (χ1n) is 5.58. The maximum absolute atomic E-state index is 12.0. The molecule has 1 heterocycles. The summed E-state index contributed by atoms with van der Waals surface area (Å²) in [5, 5.41) is 18.0. The van der Waals surface area contributed by atoms with Crippen molar-refractivity contribution in [2.45, 2.75) is 0 Å². The number of rotatable bonds is 2. The number of hydrogen-bond donors (Lipinski definition) is 2. The molecule has 6 nitrogen and oxygen atoms in total. The number of aromatic nitrogens is 2. The first-order valence-corrected chi connectivity index (χ1v) is 5.58. The summed E-state index contributed by atoms with van der Waals surface area (Å²) in [6.45, 7) is 0. The second kappa shape index (κ2) is 4.56. The van der Waals surface area contributed by atoms with Crippen molar-refractivity contribution in [2.75, 3.05) is 0 Å². The fourth-order valence-electron chi connectivity index (χ4n) is 1.80. The molecular weight excluding hydrogens is 246 g/mol. The highest BCUT2D eigenvalue weighted by Crippen LogP contribution is 2.14. The lowest BCUT2D eigenvalue weighted by atomic mass is 10.0. The van der Waals surface area contributed by atoms with Gasteiger partial charge in [0, 0.05) is 19.7 Å². The molecule has 98 valence electrons. The van der Waals surface area contributed by atoms with Crippen LogP contribution in [0.3, 0.4) is 0 Å². The first kappa shape index (κ1) is 12.8. The van der Waals surface area contributed by atoms with E-state index in [1.165, 1.54) is 14.1 Å². The van der Waals surface area contributed by atoms with Crippen molar-refractivity contribution >= 4 is 5.71 Å². The van der Waals surface area contributed by atoms with Crippen LogP contribution in [0.5, 0.6) is 5.88 Å². The Kier molecular flexibility index (Phi) is 3.08. The second-order valence-corrected chi connectivity index (χ2v) is 4.15. The molecule has 2 rings (SSSR count). The van der Waals surface area contributed by atoms with E-state index < -0.39 is 17.1 Å². The summed E-state index contributed by atoms with van der Waals surface area (Å²) in [5.74, 6) is -0.498. The van der Waals surface area contributed by atoms with Crippen LogP contribution >= 0.6 is 0 Å². The first-order chi connectivity index (χ1) is 8.95. The molecule has 0 aliphatic heterocycles. The van der Waals surface area contributed by atoms with E-state index in [0.29, 0.717) is 5.56 Å². The Balaban J connectivity index is 2.75. The Morgan fingerprint density at radius 3 is 2.26 bits per heavy atom. The molecule has 2 N–H and O–H groups in total. The Bertz CT molecular complexity index is 757. The Hall–Kier alpha value is -2.63. The van der Waals surface area contributed by atoms with Gasteiger partial charge >= 0.3 is 5.69 Å². The van der Waals surface area contributed by atoms with E-state index in [4.69, 9.17) is 5.41 Å². The van der Waals surface area contributed by atoms with Gasteiger partial charge in [-0.3, -0.25) is 19.3 Å². The number of aromatic hydroxyl groups is 1. The van der Waals surface area contributed by atoms with E-state index in [-0.39, 0.29) is 11.3 Å². The molecule has 1 aromatic heterocycles. The fourth-order valence-corrected chi connectivity index (χ4v) is 1.80. The van der Waals surface area contributed by atoms with Crippen molar-refractivity contribution in [1.82, 2.24) is 9.13 Å². The predicted octanol–water partition coefficient (Wildman–Crippen LogP) is 0.206. The molecule has 0 unspecified atom stereocenters. The molecule has 0 aliphatic rings. The van der Waals surface area contributed by atoms with Gasteiger partial charge in [-0.15, -0.1) is 0 Å². The van der Waals surface area contributed by atoms with Crippen LogP contribution in [0.2, 0.25) is 0 Å². The minimum absolute atomic E-state index is 0.116. The summed E-state index contributed by atoms with van der Waals surface area (Å²) in [6.07, 6.45) is 0. The summed E-state index contributed by atoms with van der Waals surface area (Å²) < 4.78 is 1.81. The molecule has 0 spiro atoms. The molecule has 0 fully saturated rings. The van der Waals surface area contributed by atoms with Gasteiger partial charge < -0.3 is 5.11 Å². The Labute approximate surface area is 108 Å². The molecule has 2 aromatic rings. The number of nitrogens with one attached hydrogen (secondary N) is 1. The van der Waals surface area contributed by atoms with Crippen LogP contribution < -0.4 is 11.2 Å². The van der Waals surface area contributed by atoms with Crippen LogP contribution in [-0.4, -0.2) is 20.0 Å². The Morgan fingerprint density at radius 1 is 1.11 bits per heavy atom. The third-order valence-corrected chi connectivity index (χ3v) is 2.95. The highest BCUT2D eigenvalue weighted by atomic mass is 16.3. The molecule has 6 heteroatoms. The molecule has 0 saturated heterocycles. The molecule has 0 bridgehead atoms. The number of benzene rings is 1. The molecule has 0 saturated carbocycles. The predicted molar refractivity (Wildman–Crippen MR) is 71.0 cm³/mol. The van der Waals surface area contributed by atoms with Crippen molar-refractivity contribution in [2.24, 2.45) is 14.1 Å². The van der Waals surface area contributed by atoms with E-state index in [9.17, 15) is 14.7 Å². The lowest BCUT2D eigenvalue weighted by Gasteiger charge is -2.11. The van der Waals surface area contributed by atoms with E-state index in [0.717, 1.165) is 9.13 Å². The standard InChI is InChI=1S/C13H13N3O3/c1-15-11(17)9(12(18)16(2)13(15)19)10(14)8-6-4-3-5-7-8/h3-7,14,17H,1-2H3. The summed E-state index contributed by atoms with van der Waals surface area (Å²) in [7, 11) is 2.66. The minimum atomic E-state index is -0.686. The van der Waals surface area contributed by atoms with Gasteiger partial charge in [0.2, 0.25) is 5.88 Å². The van der Waals surface area contributed by atoms with Gasteiger partial charge in [-0.1, -0.05) is 30.3 Å². The van der Waals surface area contributed by atoms with Gasteiger partial charge in [0.05, 0.1) is 5.71 Å². The molecule has 0 aliphatic carbocycles. The van der Waals surface area contributed by atoms with E-state index in [1.807, 2.05) is 0 Å². The molecule has 19 heavy (non-hydrogen) atoms. The van der Waals surface area contributed by atoms with Gasteiger partial charge in [0.25, 0.3) is 5.56 Å². The fraction of sp³-hybridized carbons (Fsp3) is 0.154. The molecule has 0 atom stereocenters. The van der Waals surface area contributed by atoms with E-state index in [2.05, 4.69) is 0 Å². The van der Waals surface area contributed by atoms with Crippen LogP contribution in [0.1, 0.15) is 11.1 Å². The average Bonchev–Trinajstić information content (AvgIpc) is 2.44. The molecule has 0 radical (unpaired) electrons. The highest BCUT2D eigenvalue weighted by Gasteiger charge is 2.19. The van der Waals surface area contributed by atoms with Gasteiger partial charge in [0.1, 0.15) is 5.56 Å². The Morgan fingerprint density at radius 2 is 1.68 bits per heavy atom. The van der Waals surface area contributed by atoms with Crippen LogP contribution in [0.25, 0.3) is 0 Å². The van der Waals surface area contributed by atoms with Crippen molar-refractivity contribution < 1.29 is 5.11 Å². The molecule has 0 amide bonds. The van der Waals surface area contributed by atoms with Crippen molar-refractivity contribution in [3.05, 3.63) is 62.3 Å². The van der Waals surface area contributed by atoms with Gasteiger partial charge in [-0.2, -0.15) is 0 Å². The third-order valence-electron chi connectivity index (χ3n) is 2.95. The second-order valence-electron chi connectivity index (χ2n) is 4.15. The van der Waals surface area contributed by atoms with Crippen LogP contribution in [-0.2, 0) is 14.1 Å².